The summed E-state index contributed by atoms with van der Waals surface area (Å²) in [5, 5.41) is 0. The van der Waals surface area contributed by atoms with Gasteiger partial charge in [0, 0.05) is 10.5 Å². The van der Waals surface area contributed by atoms with Crippen molar-refractivity contribution in [2.45, 2.75) is 17.9 Å². The van der Waals surface area contributed by atoms with E-state index in [0.717, 1.165) is 16.0 Å². The van der Waals surface area contributed by atoms with Crippen LogP contribution in [0.5, 0.6) is 11.5 Å². The second-order valence-electron chi connectivity index (χ2n) is 8.82. The monoisotopic (exact) mass is 572 g/mol. The predicted octanol–water partition coefficient (Wildman–Crippen LogP) is 4.67. The van der Waals surface area contributed by atoms with Crippen molar-refractivity contribution in [3.05, 3.63) is 115 Å². The van der Waals surface area contributed by atoms with Crippen molar-refractivity contribution < 1.29 is 19.0 Å². The Kier molecular flexibility index (Phi) is 8.23. The molecular weight excluding hydrogens is 544 g/mol. The van der Waals surface area contributed by atoms with Gasteiger partial charge in [0.2, 0.25) is 0 Å². The average Bonchev–Trinajstić information content (AvgIpc) is 3.30. The lowest BCUT2D eigenvalue weighted by Crippen LogP contribution is -2.40. The third-order valence-corrected chi connectivity index (χ3v) is 8.24. The van der Waals surface area contributed by atoms with E-state index in [0.29, 0.717) is 32.1 Å². The summed E-state index contributed by atoms with van der Waals surface area (Å²) < 4.78 is 18.6. The summed E-state index contributed by atoms with van der Waals surface area (Å²) in [6.07, 6.45) is 3.88. The van der Waals surface area contributed by atoms with Gasteiger partial charge in [0.05, 0.1) is 42.7 Å². The van der Waals surface area contributed by atoms with Crippen LogP contribution in [0.4, 0.5) is 0 Å². The molecule has 3 aromatic carbocycles. The van der Waals surface area contributed by atoms with Crippen LogP contribution in [0, 0.1) is 0 Å². The lowest BCUT2D eigenvalue weighted by atomic mass is 9.93. The molecule has 0 saturated carbocycles. The standard InChI is InChI=1S/C31H28N2O5S2/c1-5-38-30(35)26-27(20-9-7-6-8-10-20)32-31-33(28(26)21-13-16-23(36-2)24(18-21)37-3)29(34)25(40-31)17-19-11-14-22(39-4)15-12-19/h6-18,28H,5H2,1-4H3/b25-17-/t28-/m1/s1. The second kappa shape index (κ2) is 12.0. The molecule has 204 valence electrons. The molecule has 0 bridgehead atoms. The predicted molar refractivity (Wildman–Crippen MR) is 159 cm³/mol. The van der Waals surface area contributed by atoms with Crippen LogP contribution in [0.3, 0.4) is 0 Å². The van der Waals surface area contributed by atoms with Crippen LogP contribution in [-0.2, 0) is 9.53 Å². The fourth-order valence-electron chi connectivity index (χ4n) is 4.63. The van der Waals surface area contributed by atoms with E-state index in [-0.39, 0.29) is 17.7 Å². The molecule has 0 fully saturated rings. The fraction of sp³-hybridized carbons (Fsp3) is 0.194. The number of thioether (sulfide) groups is 1. The van der Waals surface area contributed by atoms with E-state index in [9.17, 15) is 9.59 Å². The summed E-state index contributed by atoms with van der Waals surface area (Å²) in [6.45, 7) is 1.93. The van der Waals surface area contributed by atoms with Gasteiger partial charge in [-0.3, -0.25) is 9.36 Å². The molecule has 5 rings (SSSR count). The number of rotatable bonds is 8. The van der Waals surface area contributed by atoms with Crippen molar-refractivity contribution in [3.63, 3.8) is 0 Å². The number of methoxy groups -OCH3 is 2. The van der Waals surface area contributed by atoms with Crippen LogP contribution >= 0.6 is 23.1 Å². The van der Waals surface area contributed by atoms with Gasteiger partial charge < -0.3 is 14.2 Å². The first-order chi connectivity index (χ1) is 19.5. The number of esters is 1. The zero-order valence-corrected chi connectivity index (χ0v) is 24.2. The Labute approximate surface area is 240 Å². The number of fused-ring (bicyclic) bond motifs is 1. The lowest BCUT2D eigenvalue weighted by Gasteiger charge is -2.26. The summed E-state index contributed by atoms with van der Waals surface area (Å²) in [5.74, 6) is 0.488. The van der Waals surface area contributed by atoms with Gasteiger partial charge in [-0.1, -0.05) is 59.9 Å². The molecule has 2 heterocycles. The van der Waals surface area contributed by atoms with Crippen LogP contribution in [0.1, 0.15) is 29.7 Å². The van der Waals surface area contributed by atoms with Crippen LogP contribution in [0.2, 0.25) is 0 Å². The molecule has 9 heteroatoms. The van der Waals surface area contributed by atoms with Crippen molar-refractivity contribution in [2.75, 3.05) is 27.1 Å². The highest BCUT2D eigenvalue weighted by Crippen LogP contribution is 2.38. The topological polar surface area (TPSA) is 79.1 Å². The van der Waals surface area contributed by atoms with Gasteiger partial charge in [-0.05, 0) is 54.6 Å². The molecule has 1 atom stereocenters. The molecule has 7 nitrogen and oxygen atoms in total. The maximum atomic E-state index is 14.0. The Hall–Kier alpha value is -4.08. The van der Waals surface area contributed by atoms with E-state index < -0.39 is 12.0 Å². The van der Waals surface area contributed by atoms with Crippen LogP contribution < -0.4 is 24.4 Å². The van der Waals surface area contributed by atoms with E-state index >= 15 is 0 Å². The molecule has 0 saturated heterocycles. The van der Waals surface area contributed by atoms with Gasteiger partial charge >= 0.3 is 5.97 Å². The average molecular weight is 573 g/mol. The van der Waals surface area contributed by atoms with Gasteiger partial charge in [-0.25, -0.2) is 9.79 Å². The number of hydrogen-bond donors (Lipinski definition) is 0. The highest BCUT2D eigenvalue weighted by Gasteiger charge is 2.35. The van der Waals surface area contributed by atoms with Gasteiger partial charge in [0.15, 0.2) is 16.3 Å². The summed E-state index contributed by atoms with van der Waals surface area (Å²) in [6, 6.07) is 22.1. The summed E-state index contributed by atoms with van der Waals surface area (Å²) in [4.78, 5) is 34.1. The highest BCUT2D eigenvalue weighted by molar-refractivity contribution is 7.98. The summed E-state index contributed by atoms with van der Waals surface area (Å²) in [7, 11) is 3.11. The maximum absolute atomic E-state index is 14.0. The van der Waals surface area contributed by atoms with E-state index in [1.807, 2.05) is 73.0 Å². The van der Waals surface area contributed by atoms with Crippen molar-refractivity contribution in [3.8, 4) is 11.5 Å². The van der Waals surface area contributed by atoms with Crippen LogP contribution in [0.15, 0.2) is 93.1 Å². The third-order valence-electron chi connectivity index (χ3n) is 6.51. The van der Waals surface area contributed by atoms with E-state index in [4.69, 9.17) is 19.2 Å². The molecule has 0 unspecified atom stereocenters. The molecule has 40 heavy (non-hydrogen) atoms. The number of carbonyl (C=O) groups excluding carboxylic acids is 1. The number of thiazole rings is 1. The first kappa shape index (κ1) is 27.5. The minimum absolute atomic E-state index is 0.180. The zero-order valence-electron chi connectivity index (χ0n) is 22.5. The number of nitrogens with zero attached hydrogens (tertiary/aromatic N) is 2. The Bertz CT molecular complexity index is 1760. The molecule has 1 aliphatic rings. The van der Waals surface area contributed by atoms with Gasteiger partial charge in [-0.2, -0.15) is 0 Å². The quantitative estimate of drug-likeness (QED) is 0.226. The van der Waals surface area contributed by atoms with Crippen LogP contribution in [0.25, 0.3) is 11.8 Å². The van der Waals surface area contributed by atoms with Crippen molar-refractivity contribution in [1.82, 2.24) is 4.57 Å². The lowest BCUT2D eigenvalue weighted by molar-refractivity contribution is -0.138. The van der Waals surface area contributed by atoms with E-state index in [2.05, 4.69) is 0 Å². The zero-order chi connectivity index (χ0) is 28.2. The molecule has 0 spiro atoms. The Balaban J connectivity index is 1.82. The summed E-state index contributed by atoms with van der Waals surface area (Å²) in [5.41, 5.74) is 2.83. The second-order valence-corrected chi connectivity index (χ2v) is 10.7. The summed E-state index contributed by atoms with van der Waals surface area (Å²) >= 11 is 2.95. The SMILES string of the molecule is CCOC(=O)C1=C(c2ccccc2)N=c2s/c(=C\c3ccc(SC)cc3)c(=O)n2[C@@H]1c1ccc(OC)c(OC)c1. The Morgan fingerprint density at radius 1 is 1.02 bits per heavy atom. The number of benzene rings is 3. The number of ether oxygens (including phenoxy) is 3. The minimum Gasteiger partial charge on any atom is -0.493 e. The Morgan fingerprint density at radius 3 is 2.40 bits per heavy atom. The van der Waals surface area contributed by atoms with Crippen molar-refractivity contribution >= 4 is 40.8 Å². The first-order valence-electron chi connectivity index (χ1n) is 12.6. The molecular formula is C31H28N2O5S2. The third kappa shape index (κ3) is 5.22. The van der Waals surface area contributed by atoms with Crippen molar-refractivity contribution in [1.29, 1.82) is 0 Å². The van der Waals surface area contributed by atoms with Gasteiger partial charge in [0.25, 0.3) is 5.56 Å². The van der Waals surface area contributed by atoms with E-state index in [1.165, 1.54) is 11.3 Å². The maximum Gasteiger partial charge on any atom is 0.338 e. The smallest absolute Gasteiger partial charge is 0.338 e. The molecule has 1 aliphatic heterocycles. The molecule has 1 aromatic heterocycles. The van der Waals surface area contributed by atoms with Crippen LogP contribution in [-0.4, -0.2) is 37.6 Å². The van der Waals surface area contributed by atoms with Crippen molar-refractivity contribution in [2.24, 2.45) is 4.99 Å². The number of carbonyl (C=O) groups is 1. The molecule has 0 aliphatic carbocycles. The first-order valence-corrected chi connectivity index (χ1v) is 14.7. The fourth-order valence-corrected chi connectivity index (χ4v) is 6.04. The molecule has 0 radical (unpaired) electrons. The molecule has 0 amide bonds. The normalized spacial score (nSPS) is 14.9. The molecule has 4 aromatic rings. The Morgan fingerprint density at radius 2 is 1.75 bits per heavy atom. The number of hydrogen-bond acceptors (Lipinski definition) is 8. The number of aromatic nitrogens is 1. The minimum atomic E-state index is -0.800. The van der Waals surface area contributed by atoms with E-state index in [1.54, 1.807) is 49.6 Å². The highest BCUT2D eigenvalue weighted by atomic mass is 32.2. The van der Waals surface area contributed by atoms with Gasteiger partial charge in [-0.15, -0.1) is 11.8 Å². The molecule has 0 N–H and O–H groups in total. The largest absolute Gasteiger partial charge is 0.493 e. The van der Waals surface area contributed by atoms with Gasteiger partial charge in [0.1, 0.15) is 0 Å².